The summed E-state index contributed by atoms with van der Waals surface area (Å²) in [6.07, 6.45) is 0.753. The number of ether oxygens (including phenoxy) is 1. The highest BCUT2D eigenvalue weighted by atomic mass is 32.1. The molecule has 1 heterocycles. The van der Waals surface area contributed by atoms with Crippen LogP contribution in [0.25, 0.3) is 0 Å². The molecule has 0 bridgehead atoms. The number of aryl methyl sites for hydroxylation is 1. The van der Waals surface area contributed by atoms with Crippen molar-refractivity contribution in [2.24, 2.45) is 5.73 Å². The van der Waals surface area contributed by atoms with E-state index in [9.17, 15) is 4.79 Å². The fraction of sp³-hybridized carbons (Fsp3) is 0.556. The summed E-state index contributed by atoms with van der Waals surface area (Å²) in [6.45, 7) is 2.46. The van der Waals surface area contributed by atoms with Gasteiger partial charge in [-0.05, 0) is 6.92 Å². The lowest BCUT2D eigenvalue weighted by Gasteiger charge is -2.06. The van der Waals surface area contributed by atoms with E-state index in [2.05, 4.69) is 4.98 Å². The molecule has 0 saturated heterocycles. The Morgan fingerprint density at radius 1 is 1.80 bits per heavy atom. The second kappa shape index (κ2) is 5.79. The van der Waals surface area contributed by atoms with Crippen LogP contribution in [0.15, 0.2) is 5.51 Å². The third-order valence-electron chi connectivity index (χ3n) is 1.93. The number of carboxylic acid groups (broad SMARTS) is 1. The van der Waals surface area contributed by atoms with Crippen LogP contribution < -0.4 is 5.73 Å². The van der Waals surface area contributed by atoms with Gasteiger partial charge in [0, 0.05) is 11.3 Å². The van der Waals surface area contributed by atoms with Crippen LogP contribution in [0.4, 0.5) is 0 Å². The lowest BCUT2D eigenvalue weighted by atomic mass is 10.3. The van der Waals surface area contributed by atoms with Gasteiger partial charge in [-0.25, -0.2) is 4.98 Å². The van der Waals surface area contributed by atoms with Gasteiger partial charge in [0.2, 0.25) is 0 Å². The molecule has 84 valence electrons. The van der Waals surface area contributed by atoms with Gasteiger partial charge in [0.1, 0.15) is 6.04 Å². The summed E-state index contributed by atoms with van der Waals surface area (Å²) in [6, 6.07) is -0.937. The number of carbonyl (C=O) groups is 1. The molecule has 3 N–H and O–H groups in total. The number of hydrogen-bond acceptors (Lipinski definition) is 5. The zero-order valence-corrected chi connectivity index (χ0v) is 9.29. The third-order valence-corrected chi connectivity index (χ3v) is 2.93. The molecule has 1 aromatic rings. The highest BCUT2D eigenvalue weighted by molar-refractivity contribution is 7.09. The van der Waals surface area contributed by atoms with Crippen LogP contribution in [0, 0.1) is 6.92 Å². The molecule has 0 aromatic carbocycles. The van der Waals surface area contributed by atoms with Crippen molar-refractivity contribution in [2.75, 3.05) is 13.2 Å². The molecule has 0 aliphatic heterocycles. The minimum atomic E-state index is -1.04. The second-order valence-corrected chi connectivity index (χ2v) is 4.07. The van der Waals surface area contributed by atoms with Crippen molar-refractivity contribution in [1.82, 2.24) is 4.98 Å². The van der Waals surface area contributed by atoms with Crippen LogP contribution in [0.1, 0.15) is 10.6 Å². The number of nitrogens with two attached hydrogens (primary N) is 1. The molecule has 0 amide bonds. The average Bonchev–Trinajstić information content (AvgIpc) is 2.58. The average molecular weight is 230 g/mol. The minimum Gasteiger partial charge on any atom is -0.480 e. The maximum atomic E-state index is 10.4. The Morgan fingerprint density at radius 3 is 3.07 bits per heavy atom. The lowest BCUT2D eigenvalue weighted by Crippen LogP contribution is -2.35. The highest BCUT2D eigenvalue weighted by Gasteiger charge is 2.11. The first-order valence-corrected chi connectivity index (χ1v) is 5.44. The topological polar surface area (TPSA) is 85.4 Å². The normalized spacial score (nSPS) is 12.7. The van der Waals surface area contributed by atoms with Gasteiger partial charge in [0.05, 0.1) is 24.4 Å². The van der Waals surface area contributed by atoms with Gasteiger partial charge < -0.3 is 15.6 Å². The van der Waals surface area contributed by atoms with Crippen LogP contribution in [0.2, 0.25) is 0 Å². The Bertz CT molecular complexity index is 327. The molecule has 1 rings (SSSR count). The number of rotatable bonds is 6. The SMILES string of the molecule is Cc1ncsc1CCOCC(N)C(=O)O. The maximum absolute atomic E-state index is 10.4. The zero-order valence-electron chi connectivity index (χ0n) is 8.47. The van der Waals surface area contributed by atoms with Gasteiger partial charge in [-0.1, -0.05) is 0 Å². The number of thiazole rings is 1. The molecule has 1 unspecified atom stereocenters. The number of nitrogens with zero attached hydrogens (tertiary/aromatic N) is 1. The van der Waals surface area contributed by atoms with Crippen LogP contribution >= 0.6 is 11.3 Å². The predicted molar refractivity (Wildman–Crippen MR) is 57.0 cm³/mol. The zero-order chi connectivity index (χ0) is 11.3. The Kier molecular flexibility index (Phi) is 4.67. The van der Waals surface area contributed by atoms with Gasteiger partial charge in [-0.15, -0.1) is 11.3 Å². The highest BCUT2D eigenvalue weighted by Crippen LogP contribution is 2.12. The Balaban J connectivity index is 2.17. The minimum absolute atomic E-state index is 0.0488. The third kappa shape index (κ3) is 3.94. The van der Waals surface area contributed by atoms with Gasteiger partial charge >= 0.3 is 5.97 Å². The van der Waals surface area contributed by atoms with E-state index in [1.54, 1.807) is 16.8 Å². The first-order chi connectivity index (χ1) is 7.11. The van der Waals surface area contributed by atoms with E-state index in [1.165, 1.54) is 4.88 Å². The van der Waals surface area contributed by atoms with Gasteiger partial charge in [-0.2, -0.15) is 0 Å². The summed E-state index contributed by atoms with van der Waals surface area (Å²) in [5.74, 6) is -1.04. The number of aliphatic carboxylic acids is 1. The summed E-state index contributed by atoms with van der Waals surface area (Å²) >= 11 is 1.58. The predicted octanol–water partition coefficient (Wildman–Crippen LogP) is 0.423. The Hall–Kier alpha value is -0.980. The molecule has 0 spiro atoms. The van der Waals surface area contributed by atoms with E-state index in [0.717, 1.165) is 12.1 Å². The van der Waals surface area contributed by atoms with E-state index in [1.807, 2.05) is 6.92 Å². The van der Waals surface area contributed by atoms with Gasteiger partial charge in [-0.3, -0.25) is 4.79 Å². The van der Waals surface area contributed by atoms with Crippen molar-refractivity contribution in [3.05, 3.63) is 16.1 Å². The molecule has 0 fully saturated rings. The lowest BCUT2D eigenvalue weighted by molar-refractivity contribution is -0.140. The van der Waals surface area contributed by atoms with Crippen LogP contribution in [-0.4, -0.2) is 35.3 Å². The molecule has 15 heavy (non-hydrogen) atoms. The van der Waals surface area contributed by atoms with E-state index in [4.69, 9.17) is 15.6 Å². The van der Waals surface area contributed by atoms with Crippen molar-refractivity contribution in [3.8, 4) is 0 Å². The smallest absolute Gasteiger partial charge is 0.322 e. The molecule has 0 saturated carbocycles. The maximum Gasteiger partial charge on any atom is 0.322 e. The summed E-state index contributed by atoms with van der Waals surface area (Å²) in [7, 11) is 0. The molecule has 5 nitrogen and oxygen atoms in total. The quantitative estimate of drug-likeness (QED) is 0.692. The number of aromatic nitrogens is 1. The molecular formula is C9H14N2O3S. The first-order valence-electron chi connectivity index (χ1n) is 4.56. The van der Waals surface area contributed by atoms with Crippen LogP contribution in [-0.2, 0) is 16.0 Å². The van der Waals surface area contributed by atoms with Crippen molar-refractivity contribution < 1.29 is 14.6 Å². The van der Waals surface area contributed by atoms with Crippen molar-refractivity contribution >= 4 is 17.3 Å². The van der Waals surface area contributed by atoms with E-state index in [-0.39, 0.29) is 6.61 Å². The Labute approximate surface area is 91.9 Å². The molecule has 1 aromatic heterocycles. The summed E-state index contributed by atoms with van der Waals surface area (Å²) in [5, 5.41) is 8.50. The van der Waals surface area contributed by atoms with Gasteiger partial charge in [0.15, 0.2) is 0 Å². The standard InChI is InChI=1S/C9H14N2O3S/c1-6-8(15-5-11-6)2-3-14-4-7(10)9(12)13/h5,7H,2-4,10H2,1H3,(H,12,13). The molecule has 6 heteroatoms. The number of hydrogen-bond donors (Lipinski definition) is 2. The Morgan fingerprint density at radius 2 is 2.53 bits per heavy atom. The van der Waals surface area contributed by atoms with E-state index >= 15 is 0 Å². The number of carboxylic acids is 1. The van der Waals surface area contributed by atoms with E-state index < -0.39 is 12.0 Å². The molecular weight excluding hydrogens is 216 g/mol. The van der Waals surface area contributed by atoms with Crippen LogP contribution in [0.5, 0.6) is 0 Å². The monoisotopic (exact) mass is 230 g/mol. The molecule has 0 aliphatic carbocycles. The molecule has 0 radical (unpaired) electrons. The van der Waals surface area contributed by atoms with Crippen molar-refractivity contribution in [2.45, 2.75) is 19.4 Å². The summed E-state index contributed by atoms with van der Waals surface area (Å²) in [4.78, 5) is 15.6. The largest absolute Gasteiger partial charge is 0.480 e. The second-order valence-electron chi connectivity index (χ2n) is 3.13. The van der Waals surface area contributed by atoms with Gasteiger partial charge in [0.25, 0.3) is 0 Å². The van der Waals surface area contributed by atoms with Crippen molar-refractivity contribution in [3.63, 3.8) is 0 Å². The molecule has 0 aliphatic rings. The fourth-order valence-corrected chi connectivity index (χ4v) is 1.78. The first kappa shape index (κ1) is 12.1. The van der Waals surface area contributed by atoms with E-state index in [0.29, 0.717) is 6.61 Å². The van der Waals surface area contributed by atoms with Crippen molar-refractivity contribution in [1.29, 1.82) is 0 Å². The summed E-state index contributed by atoms with van der Waals surface area (Å²) < 4.78 is 5.16. The fourth-order valence-electron chi connectivity index (χ4n) is 1.01. The summed E-state index contributed by atoms with van der Waals surface area (Å²) in [5.41, 5.74) is 8.06. The molecule has 1 atom stereocenters. The van der Waals surface area contributed by atoms with Crippen LogP contribution in [0.3, 0.4) is 0 Å².